The Kier molecular flexibility index (Phi) is 3.44. The van der Waals surface area contributed by atoms with Crippen molar-refractivity contribution in [3.8, 4) is 5.69 Å². The van der Waals surface area contributed by atoms with Crippen molar-refractivity contribution < 1.29 is 13.2 Å². The van der Waals surface area contributed by atoms with Crippen LogP contribution in [0.1, 0.15) is 29.7 Å². The highest BCUT2D eigenvalue weighted by atomic mass is 19.4. The summed E-state index contributed by atoms with van der Waals surface area (Å²) in [4.78, 5) is 0. The van der Waals surface area contributed by atoms with Gasteiger partial charge in [0.1, 0.15) is 0 Å². The molecule has 1 saturated carbocycles. The second-order valence-electron chi connectivity index (χ2n) is 5.29. The summed E-state index contributed by atoms with van der Waals surface area (Å²) in [6, 6.07) is 4.71. The van der Waals surface area contributed by atoms with E-state index in [1.807, 2.05) is 0 Å². The van der Waals surface area contributed by atoms with Crippen LogP contribution in [0.2, 0.25) is 0 Å². The summed E-state index contributed by atoms with van der Waals surface area (Å²) in [5, 5.41) is 11.0. The third kappa shape index (κ3) is 3.07. The van der Waals surface area contributed by atoms with Crippen LogP contribution in [0.3, 0.4) is 0 Å². The number of benzene rings is 1. The lowest BCUT2D eigenvalue weighted by atomic mass is 10.1. The van der Waals surface area contributed by atoms with Gasteiger partial charge in [-0.3, -0.25) is 0 Å². The van der Waals surface area contributed by atoms with E-state index in [9.17, 15) is 13.2 Å². The van der Waals surface area contributed by atoms with Gasteiger partial charge in [-0.1, -0.05) is 11.3 Å². The van der Waals surface area contributed by atoms with Gasteiger partial charge in [0.15, 0.2) is 0 Å². The molecule has 1 fully saturated rings. The topological polar surface area (TPSA) is 42.7 Å². The van der Waals surface area contributed by atoms with Crippen molar-refractivity contribution in [3.05, 3.63) is 41.2 Å². The van der Waals surface area contributed by atoms with Crippen LogP contribution in [0.15, 0.2) is 24.4 Å². The molecule has 1 aliphatic rings. The van der Waals surface area contributed by atoms with Gasteiger partial charge in [0, 0.05) is 12.6 Å². The summed E-state index contributed by atoms with van der Waals surface area (Å²) in [5.41, 5.74) is 0.678. The van der Waals surface area contributed by atoms with Crippen molar-refractivity contribution in [2.75, 3.05) is 0 Å². The lowest BCUT2D eigenvalue weighted by molar-refractivity contribution is -0.138. The Morgan fingerprint density at radius 2 is 2.10 bits per heavy atom. The maximum Gasteiger partial charge on any atom is 0.416 e. The van der Waals surface area contributed by atoms with Crippen molar-refractivity contribution in [2.45, 2.75) is 38.5 Å². The maximum absolute atomic E-state index is 13.0. The number of nitrogens with zero attached hydrogens (tertiary/aromatic N) is 3. The first kappa shape index (κ1) is 14.1. The third-order valence-electron chi connectivity index (χ3n) is 3.54. The number of aromatic nitrogens is 3. The first-order chi connectivity index (χ1) is 9.95. The molecule has 7 heteroatoms. The number of hydrogen-bond donors (Lipinski definition) is 1. The number of alkyl halides is 3. The second-order valence-corrected chi connectivity index (χ2v) is 5.29. The van der Waals surface area contributed by atoms with Crippen LogP contribution >= 0.6 is 0 Å². The maximum atomic E-state index is 13.0. The minimum atomic E-state index is -4.37. The van der Waals surface area contributed by atoms with Crippen LogP contribution in [-0.4, -0.2) is 21.0 Å². The molecule has 0 radical (unpaired) electrons. The second kappa shape index (κ2) is 5.14. The highest BCUT2D eigenvalue weighted by Crippen LogP contribution is 2.33. The molecule has 3 rings (SSSR count). The van der Waals surface area contributed by atoms with Gasteiger partial charge in [-0.05, 0) is 37.5 Å². The fraction of sp³-hybridized carbons (Fsp3) is 0.429. The molecule has 0 unspecified atom stereocenters. The normalized spacial score (nSPS) is 15.4. The van der Waals surface area contributed by atoms with Crippen LogP contribution < -0.4 is 5.32 Å². The molecular formula is C14H15F3N4. The highest BCUT2D eigenvalue weighted by Gasteiger charge is 2.32. The summed E-state index contributed by atoms with van der Waals surface area (Å²) in [6.07, 6.45) is -0.510. The minimum Gasteiger partial charge on any atom is -0.308 e. The molecule has 0 amide bonds. The Hall–Kier alpha value is -1.89. The van der Waals surface area contributed by atoms with E-state index in [0.717, 1.165) is 24.6 Å². The molecule has 1 aromatic carbocycles. The Balaban J connectivity index is 1.91. The van der Waals surface area contributed by atoms with E-state index >= 15 is 0 Å². The number of rotatable bonds is 4. The average Bonchev–Trinajstić information content (AvgIpc) is 3.13. The van der Waals surface area contributed by atoms with E-state index in [0.29, 0.717) is 18.3 Å². The van der Waals surface area contributed by atoms with Crippen LogP contribution in [-0.2, 0) is 12.7 Å². The number of hydrogen-bond acceptors (Lipinski definition) is 3. The molecule has 0 bridgehead atoms. The predicted molar refractivity (Wildman–Crippen MR) is 71.0 cm³/mol. The van der Waals surface area contributed by atoms with Crippen LogP contribution in [0.25, 0.3) is 5.69 Å². The smallest absolute Gasteiger partial charge is 0.308 e. The Labute approximate surface area is 120 Å². The van der Waals surface area contributed by atoms with Gasteiger partial charge in [-0.15, -0.1) is 5.10 Å². The molecule has 21 heavy (non-hydrogen) atoms. The SMILES string of the molecule is Cc1ccc(-n2nncc2CNC2CC2)cc1C(F)(F)F. The molecule has 0 spiro atoms. The van der Waals surface area contributed by atoms with Crippen LogP contribution in [0.5, 0.6) is 0 Å². The molecular weight excluding hydrogens is 281 g/mol. The molecule has 0 aliphatic heterocycles. The van der Waals surface area contributed by atoms with E-state index < -0.39 is 11.7 Å². The summed E-state index contributed by atoms with van der Waals surface area (Å²) in [7, 11) is 0. The molecule has 112 valence electrons. The number of nitrogens with one attached hydrogen (secondary N) is 1. The van der Waals surface area contributed by atoms with Crippen molar-refractivity contribution >= 4 is 0 Å². The van der Waals surface area contributed by atoms with Crippen molar-refractivity contribution in [2.24, 2.45) is 0 Å². The zero-order valence-electron chi connectivity index (χ0n) is 11.5. The van der Waals surface area contributed by atoms with Gasteiger partial charge >= 0.3 is 6.18 Å². The van der Waals surface area contributed by atoms with Gasteiger partial charge in [0.05, 0.1) is 23.1 Å². The fourth-order valence-electron chi connectivity index (χ4n) is 2.18. The van der Waals surface area contributed by atoms with Gasteiger partial charge in [-0.2, -0.15) is 13.2 Å². The van der Waals surface area contributed by atoms with Gasteiger partial charge in [0.2, 0.25) is 0 Å². The fourth-order valence-corrected chi connectivity index (χ4v) is 2.18. The molecule has 1 N–H and O–H groups in total. The van der Waals surface area contributed by atoms with E-state index in [2.05, 4.69) is 15.6 Å². The van der Waals surface area contributed by atoms with Gasteiger partial charge in [-0.25, -0.2) is 4.68 Å². The summed E-state index contributed by atoms with van der Waals surface area (Å²) in [5.74, 6) is 0. The third-order valence-corrected chi connectivity index (χ3v) is 3.54. The summed E-state index contributed by atoms with van der Waals surface area (Å²) >= 11 is 0. The minimum absolute atomic E-state index is 0.198. The number of aryl methyl sites for hydroxylation is 1. The predicted octanol–water partition coefficient (Wildman–Crippen LogP) is 2.85. The highest BCUT2D eigenvalue weighted by molar-refractivity contribution is 5.41. The van der Waals surface area contributed by atoms with Crippen molar-refractivity contribution in [3.63, 3.8) is 0 Å². The molecule has 0 saturated heterocycles. The first-order valence-electron chi connectivity index (χ1n) is 6.76. The Morgan fingerprint density at radius 1 is 1.33 bits per heavy atom. The Bertz CT molecular complexity index is 644. The lowest BCUT2D eigenvalue weighted by Crippen LogP contribution is -2.18. The molecule has 1 aliphatic carbocycles. The lowest BCUT2D eigenvalue weighted by Gasteiger charge is -2.13. The monoisotopic (exact) mass is 296 g/mol. The molecule has 1 aromatic heterocycles. The summed E-state index contributed by atoms with van der Waals surface area (Å²) < 4.78 is 40.4. The van der Waals surface area contributed by atoms with Gasteiger partial charge in [0.25, 0.3) is 0 Å². The van der Waals surface area contributed by atoms with E-state index in [1.54, 1.807) is 12.3 Å². The quantitative estimate of drug-likeness (QED) is 0.943. The van der Waals surface area contributed by atoms with E-state index in [4.69, 9.17) is 0 Å². The number of halogens is 3. The largest absolute Gasteiger partial charge is 0.416 e. The molecule has 0 atom stereocenters. The van der Waals surface area contributed by atoms with Crippen molar-refractivity contribution in [1.29, 1.82) is 0 Å². The van der Waals surface area contributed by atoms with Crippen molar-refractivity contribution in [1.82, 2.24) is 20.3 Å². The Morgan fingerprint density at radius 3 is 2.76 bits per heavy atom. The van der Waals surface area contributed by atoms with E-state index in [1.165, 1.54) is 17.7 Å². The molecule has 4 nitrogen and oxygen atoms in total. The average molecular weight is 296 g/mol. The molecule has 2 aromatic rings. The van der Waals surface area contributed by atoms with Gasteiger partial charge < -0.3 is 5.32 Å². The summed E-state index contributed by atoms with van der Waals surface area (Å²) in [6.45, 7) is 2.00. The zero-order valence-corrected chi connectivity index (χ0v) is 11.5. The van der Waals surface area contributed by atoms with Crippen LogP contribution in [0, 0.1) is 6.92 Å². The first-order valence-corrected chi connectivity index (χ1v) is 6.76. The van der Waals surface area contributed by atoms with Crippen LogP contribution in [0.4, 0.5) is 13.2 Å². The standard InChI is InChI=1S/C14H15F3N4/c1-9-2-5-11(6-13(9)14(15,16)17)21-12(8-19-20-21)7-18-10-3-4-10/h2,5-6,8,10,18H,3-4,7H2,1H3. The molecule has 1 heterocycles. The van der Waals surface area contributed by atoms with E-state index in [-0.39, 0.29) is 5.56 Å². The zero-order chi connectivity index (χ0) is 15.0.